The Morgan fingerprint density at radius 2 is 1.81 bits per heavy atom. The Balaban J connectivity index is 1.87. The average Bonchev–Trinajstić information content (AvgIpc) is 2.56. The van der Waals surface area contributed by atoms with E-state index in [1.165, 1.54) is 0 Å². The molecule has 1 aliphatic rings. The number of anilines is 1. The molecule has 1 aliphatic heterocycles. The predicted octanol–water partition coefficient (Wildman–Crippen LogP) is 1.89. The number of hydrogen-bond donors (Lipinski definition) is 0. The lowest BCUT2D eigenvalue weighted by Gasteiger charge is -2.41. The Hall–Kier alpha value is -2.43. The fourth-order valence-electron chi connectivity index (χ4n) is 2.76. The summed E-state index contributed by atoms with van der Waals surface area (Å²) in [5, 5.41) is 0. The largest absolute Gasteiger partial charge is 0.337 e. The van der Waals surface area contributed by atoms with Crippen LogP contribution in [0, 0.1) is 0 Å². The van der Waals surface area contributed by atoms with E-state index < -0.39 is 0 Å². The van der Waals surface area contributed by atoms with Crippen LogP contribution in [0.5, 0.6) is 0 Å². The molecule has 0 aliphatic carbocycles. The van der Waals surface area contributed by atoms with Gasteiger partial charge in [-0.15, -0.1) is 0 Å². The molecule has 0 unspecified atom stereocenters. The summed E-state index contributed by atoms with van der Waals surface area (Å²) in [6.07, 6.45) is 3.49. The van der Waals surface area contributed by atoms with Gasteiger partial charge in [-0.3, -0.25) is 4.79 Å². The highest BCUT2D eigenvalue weighted by Crippen LogP contribution is 2.26. The van der Waals surface area contributed by atoms with Crippen LogP contribution in [0.15, 0.2) is 48.8 Å². The number of piperazine rings is 1. The molecule has 3 rings (SSSR count). The first kappa shape index (κ1) is 13.5. The molecule has 1 atom stereocenters. The Labute approximate surface area is 124 Å². The summed E-state index contributed by atoms with van der Waals surface area (Å²) in [7, 11) is 0. The van der Waals surface area contributed by atoms with Gasteiger partial charge in [0.1, 0.15) is 0 Å². The molecule has 1 saturated heterocycles. The number of amides is 1. The van der Waals surface area contributed by atoms with E-state index in [1.807, 2.05) is 29.2 Å². The first-order chi connectivity index (χ1) is 10.3. The topological polar surface area (TPSA) is 49.3 Å². The van der Waals surface area contributed by atoms with Crippen LogP contribution >= 0.6 is 0 Å². The van der Waals surface area contributed by atoms with Crippen molar-refractivity contribution in [2.45, 2.75) is 13.0 Å². The number of rotatable bonds is 2. The minimum absolute atomic E-state index is 0.0428. The van der Waals surface area contributed by atoms with Crippen LogP contribution < -0.4 is 4.90 Å². The molecular formula is C16H18N4O. The molecule has 0 saturated carbocycles. The highest BCUT2D eigenvalue weighted by atomic mass is 16.2. The minimum atomic E-state index is 0.0428. The van der Waals surface area contributed by atoms with Crippen LogP contribution in [0.4, 0.5) is 5.95 Å². The number of hydrogen-bond acceptors (Lipinski definition) is 4. The third-order valence-corrected chi connectivity index (χ3v) is 3.80. The molecule has 2 aromatic rings. The number of aromatic nitrogens is 2. The monoisotopic (exact) mass is 282 g/mol. The fraction of sp³-hybridized carbons (Fsp3) is 0.312. The van der Waals surface area contributed by atoms with Crippen molar-refractivity contribution in [3.8, 4) is 0 Å². The second-order valence-electron chi connectivity index (χ2n) is 5.13. The third-order valence-electron chi connectivity index (χ3n) is 3.80. The average molecular weight is 282 g/mol. The van der Waals surface area contributed by atoms with Crippen molar-refractivity contribution in [3.05, 3.63) is 54.4 Å². The van der Waals surface area contributed by atoms with Gasteiger partial charge in [0.15, 0.2) is 0 Å². The smallest absolute Gasteiger partial charge is 0.225 e. The minimum Gasteiger partial charge on any atom is -0.337 e. The Bertz CT molecular complexity index is 602. The molecule has 0 N–H and O–H groups in total. The summed E-state index contributed by atoms with van der Waals surface area (Å²) in [5.74, 6) is 0.833. The van der Waals surface area contributed by atoms with Gasteiger partial charge in [0.25, 0.3) is 0 Å². The summed E-state index contributed by atoms with van der Waals surface area (Å²) in [4.78, 5) is 24.6. The number of benzene rings is 1. The maximum atomic E-state index is 11.9. The predicted molar refractivity (Wildman–Crippen MR) is 80.8 cm³/mol. The quantitative estimate of drug-likeness (QED) is 0.844. The number of carbonyl (C=O) groups is 1. The lowest BCUT2D eigenvalue weighted by Crippen LogP contribution is -2.50. The van der Waals surface area contributed by atoms with Gasteiger partial charge in [-0.1, -0.05) is 30.3 Å². The summed E-state index contributed by atoms with van der Waals surface area (Å²) in [6, 6.07) is 12.0. The normalized spacial score (nSPS) is 18.6. The molecule has 1 aromatic heterocycles. The first-order valence-electron chi connectivity index (χ1n) is 7.10. The number of nitrogens with zero attached hydrogens (tertiary/aromatic N) is 4. The first-order valence-corrected chi connectivity index (χ1v) is 7.10. The maximum Gasteiger partial charge on any atom is 0.225 e. The molecule has 1 fully saturated rings. The van der Waals surface area contributed by atoms with Crippen molar-refractivity contribution in [2.24, 2.45) is 0 Å². The van der Waals surface area contributed by atoms with Gasteiger partial charge in [0.05, 0.1) is 6.04 Å². The van der Waals surface area contributed by atoms with Crippen LogP contribution in [0.2, 0.25) is 0 Å². The van der Waals surface area contributed by atoms with Gasteiger partial charge < -0.3 is 9.80 Å². The van der Waals surface area contributed by atoms with Gasteiger partial charge in [0, 0.05) is 39.0 Å². The Morgan fingerprint density at radius 3 is 2.48 bits per heavy atom. The summed E-state index contributed by atoms with van der Waals surface area (Å²) < 4.78 is 0. The molecule has 5 heteroatoms. The van der Waals surface area contributed by atoms with Crippen LogP contribution in [0.1, 0.15) is 18.5 Å². The van der Waals surface area contributed by atoms with E-state index in [2.05, 4.69) is 27.0 Å². The van der Waals surface area contributed by atoms with E-state index in [0.717, 1.165) is 18.1 Å². The molecule has 0 bridgehead atoms. The zero-order chi connectivity index (χ0) is 14.7. The van der Waals surface area contributed by atoms with Crippen molar-refractivity contribution in [1.29, 1.82) is 0 Å². The highest BCUT2D eigenvalue weighted by Gasteiger charge is 2.30. The van der Waals surface area contributed by atoms with Crippen molar-refractivity contribution in [3.63, 3.8) is 0 Å². The lowest BCUT2D eigenvalue weighted by atomic mass is 10.0. The second-order valence-corrected chi connectivity index (χ2v) is 5.13. The SMILES string of the molecule is CC(=O)N1CCN(c2ncccn2)C[C@H]1c1ccccc1. The molecule has 0 radical (unpaired) electrons. The Kier molecular flexibility index (Phi) is 3.81. The van der Waals surface area contributed by atoms with E-state index in [-0.39, 0.29) is 11.9 Å². The highest BCUT2D eigenvalue weighted by molar-refractivity contribution is 5.74. The van der Waals surface area contributed by atoms with Crippen molar-refractivity contribution < 1.29 is 4.79 Å². The lowest BCUT2D eigenvalue weighted by molar-refractivity contribution is -0.131. The zero-order valence-corrected chi connectivity index (χ0v) is 12.0. The van der Waals surface area contributed by atoms with Crippen LogP contribution in [0.25, 0.3) is 0 Å². The molecule has 1 aromatic carbocycles. The van der Waals surface area contributed by atoms with E-state index in [1.54, 1.807) is 19.3 Å². The standard InChI is InChI=1S/C16H18N4O/c1-13(21)20-11-10-19(16-17-8-5-9-18-16)12-15(20)14-6-3-2-4-7-14/h2-9,15H,10-12H2,1H3/t15-/m0/s1. The fourth-order valence-corrected chi connectivity index (χ4v) is 2.76. The number of carbonyl (C=O) groups excluding carboxylic acids is 1. The second kappa shape index (κ2) is 5.91. The van der Waals surface area contributed by atoms with E-state index in [0.29, 0.717) is 13.1 Å². The summed E-state index contributed by atoms with van der Waals surface area (Å²) in [5.41, 5.74) is 1.15. The molecule has 1 amide bonds. The van der Waals surface area contributed by atoms with E-state index >= 15 is 0 Å². The van der Waals surface area contributed by atoms with Crippen LogP contribution in [0.3, 0.4) is 0 Å². The van der Waals surface area contributed by atoms with Gasteiger partial charge >= 0.3 is 0 Å². The van der Waals surface area contributed by atoms with Crippen LogP contribution in [-0.4, -0.2) is 40.4 Å². The molecule has 2 heterocycles. The van der Waals surface area contributed by atoms with Crippen molar-refractivity contribution in [1.82, 2.24) is 14.9 Å². The van der Waals surface area contributed by atoms with Gasteiger partial charge in [-0.25, -0.2) is 9.97 Å². The maximum absolute atomic E-state index is 11.9. The van der Waals surface area contributed by atoms with Gasteiger partial charge in [0.2, 0.25) is 11.9 Å². The molecule has 0 spiro atoms. The van der Waals surface area contributed by atoms with Crippen molar-refractivity contribution >= 4 is 11.9 Å². The molecular weight excluding hydrogens is 264 g/mol. The van der Waals surface area contributed by atoms with E-state index in [4.69, 9.17) is 0 Å². The molecule has 5 nitrogen and oxygen atoms in total. The molecule has 108 valence electrons. The van der Waals surface area contributed by atoms with E-state index in [9.17, 15) is 4.79 Å². The summed E-state index contributed by atoms with van der Waals surface area (Å²) >= 11 is 0. The van der Waals surface area contributed by atoms with Crippen LogP contribution in [-0.2, 0) is 4.79 Å². The zero-order valence-electron chi connectivity index (χ0n) is 12.0. The van der Waals surface area contributed by atoms with Crippen molar-refractivity contribution in [2.75, 3.05) is 24.5 Å². The van der Waals surface area contributed by atoms with Gasteiger partial charge in [-0.2, -0.15) is 0 Å². The summed E-state index contributed by atoms with van der Waals surface area (Å²) in [6.45, 7) is 3.79. The molecule has 21 heavy (non-hydrogen) atoms. The Morgan fingerprint density at radius 1 is 1.10 bits per heavy atom. The third kappa shape index (κ3) is 2.86. The van der Waals surface area contributed by atoms with Gasteiger partial charge in [-0.05, 0) is 11.6 Å².